The number of piperidine rings is 2. The summed E-state index contributed by atoms with van der Waals surface area (Å²) >= 11 is 0. The fraction of sp³-hybridized carbons (Fsp3) is 0.365. The molecule has 71 heavy (non-hydrogen) atoms. The van der Waals surface area contributed by atoms with E-state index in [1.807, 2.05) is 36.4 Å². The summed E-state index contributed by atoms with van der Waals surface area (Å²) in [5, 5.41) is 8.69. The maximum atomic E-state index is 13.5. The standard InChI is InChI=1S/C26H29N5O4.C14H14N4O3.C12H15NO2/c1-17-28-21-4-2-3-20(24(21)26(34)31(17)22-9-10-23(32)29-25(22)33)27-15-18-5-7-19(8-6-18)16-30-11-13-35-14-12-30;1-7-16-9-4-2-3-8(15)12(9)14(21)18(7)10-5-6-11(19)17-13(10)20;14-10-12-3-1-11(2-4-12)9-13-5-7-15-8-6-13/h2-8,22,27H,9-16H2,1H3,(H,29,32,33);2-4,10H,5-6,15H2,1H3,(H,17,19,20);1-4,10H,5-9H2. The zero-order chi connectivity index (χ0) is 50.0. The Morgan fingerprint density at radius 3 is 1.56 bits per heavy atom. The number of rotatable bonds is 10. The quantitative estimate of drug-likeness (QED) is 0.0869. The lowest BCUT2D eigenvalue weighted by molar-refractivity contribution is -0.137. The van der Waals surface area contributed by atoms with Gasteiger partial charge in [-0.15, -0.1) is 0 Å². The minimum atomic E-state index is -0.746. The number of benzene rings is 4. The molecule has 0 saturated carbocycles. The molecule has 19 nitrogen and oxygen atoms in total. The van der Waals surface area contributed by atoms with E-state index in [0.29, 0.717) is 51.4 Å². The summed E-state index contributed by atoms with van der Waals surface area (Å²) in [4.78, 5) is 97.6. The Hall–Kier alpha value is -7.45. The fourth-order valence-corrected chi connectivity index (χ4v) is 9.17. The van der Waals surface area contributed by atoms with Crippen LogP contribution in [-0.4, -0.2) is 111 Å². The second-order valence-corrected chi connectivity index (χ2v) is 17.8. The van der Waals surface area contributed by atoms with Gasteiger partial charge in [0.05, 0.1) is 48.2 Å². The van der Waals surface area contributed by atoms with Crippen molar-refractivity contribution in [3.63, 3.8) is 0 Å². The number of nitrogen functional groups attached to an aromatic ring is 1. The van der Waals surface area contributed by atoms with Crippen LogP contribution in [0.2, 0.25) is 0 Å². The normalized spacial score (nSPS) is 18.7. The van der Waals surface area contributed by atoms with E-state index in [9.17, 15) is 33.6 Å². The largest absolute Gasteiger partial charge is 0.398 e. The molecular formula is C52H58N10O9. The molecule has 4 amide bonds. The number of nitrogens with two attached hydrogens (primary N) is 1. The van der Waals surface area contributed by atoms with Crippen LogP contribution in [0.15, 0.2) is 94.5 Å². The smallest absolute Gasteiger partial charge is 0.264 e. The molecule has 4 fully saturated rings. The molecule has 6 aromatic rings. The number of nitrogens with one attached hydrogen (secondary N) is 3. The lowest BCUT2D eigenvalue weighted by Crippen LogP contribution is -2.45. The van der Waals surface area contributed by atoms with Crippen LogP contribution in [-0.2, 0) is 48.3 Å². The van der Waals surface area contributed by atoms with Gasteiger partial charge in [0.15, 0.2) is 0 Å². The van der Waals surface area contributed by atoms with Crippen LogP contribution in [0.4, 0.5) is 11.4 Å². The number of ether oxygens (including phenoxy) is 2. The molecule has 370 valence electrons. The maximum absolute atomic E-state index is 13.5. The molecule has 2 unspecified atom stereocenters. The topological polar surface area (TPSA) is 242 Å². The number of hydrogen-bond donors (Lipinski definition) is 4. The second-order valence-electron chi connectivity index (χ2n) is 17.8. The summed E-state index contributed by atoms with van der Waals surface area (Å²) in [6.45, 7) is 12.9. The monoisotopic (exact) mass is 966 g/mol. The fourth-order valence-electron chi connectivity index (χ4n) is 9.17. The van der Waals surface area contributed by atoms with Crippen molar-refractivity contribution in [2.75, 3.05) is 63.7 Å². The minimum Gasteiger partial charge on any atom is -0.398 e. The van der Waals surface area contributed by atoms with E-state index < -0.39 is 23.9 Å². The Bertz CT molecular complexity index is 3050. The van der Waals surface area contributed by atoms with Crippen LogP contribution in [0.25, 0.3) is 21.8 Å². The molecule has 4 aromatic carbocycles. The van der Waals surface area contributed by atoms with E-state index in [4.69, 9.17) is 15.2 Å². The Morgan fingerprint density at radius 1 is 0.620 bits per heavy atom. The van der Waals surface area contributed by atoms with Gasteiger partial charge in [-0.2, -0.15) is 0 Å². The van der Waals surface area contributed by atoms with Crippen LogP contribution >= 0.6 is 0 Å². The van der Waals surface area contributed by atoms with E-state index in [1.165, 1.54) is 20.3 Å². The number of nitrogens with zero attached hydrogens (tertiary/aromatic N) is 6. The predicted octanol–water partition coefficient (Wildman–Crippen LogP) is 3.72. The molecule has 0 spiro atoms. The van der Waals surface area contributed by atoms with Gasteiger partial charge in [-0.3, -0.25) is 63.1 Å². The van der Waals surface area contributed by atoms with Crippen molar-refractivity contribution in [2.24, 2.45) is 0 Å². The summed E-state index contributed by atoms with van der Waals surface area (Å²) in [7, 11) is 0. The Kier molecular flexibility index (Phi) is 16.2. The first-order valence-electron chi connectivity index (χ1n) is 23.8. The van der Waals surface area contributed by atoms with Crippen molar-refractivity contribution in [1.29, 1.82) is 0 Å². The van der Waals surface area contributed by atoms with Crippen molar-refractivity contribution in [3.05, 3.63) is 140 Å². The molecule has 4 aliphatic heterocycles. The van der Waals surface area contributed by atoms with Gasteiger partial charge in [0.25, 0.3) is 11.1 Å². The summed E-state index contributed by atoms with van der Waals surface area (Å²) in [5.41, 5.74) is 11.6. The number of amides is 4. The molecule has 0 aliphatic carbocycles. The second kappa shape index (κ2) is 23.0. The third-order valence-corrected chi connectivity index (χ3v) is 12.9. The number of fused-ring (bicyclic) bond motifs is 2. The number of aromatic nitrogens is 4. The number of morpholine rings is 2. The molecule has 0 radical (unpaired) electrons. The lowest BCUT2D eigenvalue weighted by atomic mass is 10.1. The molecule has 0 bridgehead atoms. The maximum Gasteiger partial charge on any atom is 0.264 e. The SMILES string of the molecule is Cc1nc2cccc(N)c2c(=O)n1C1CCC(=O)NC1=O.Cc1nc2cccc(NCc3ccc(CN4CCOCC4)cc3)c2c(=O)n1C1CCC(=O)NC1=O.O=Cc1ccc(CN2CCOCC2)cc1. The van der Waals surface area contributed by atoms with Crippen LogP contribution < -0.4 is 32.8 Å². The van der Waals surface area contributed by atoms with Gasteiger partial charge >= 0.3 is 0 Å². The number of carbonyl (C=O) groups excluding carboxylic acids is 5. The average Bonchev–Trinajstić information content (AvgIpc) is 3.36. The highest BCUT2D eigenvalue weighted by atomic mass is 16.5. The molecule has 2 aromatic heterocycles. The highest BCUT2D eigenvalue weighted by Gasteiger charge is 2.32. The number of aryl methyl sites for hydroxylation is 2. The van der Waals surface area contributed by atoms with Gasteiger partial charge in [0.1, 0.15) is 30.0 Å². The van der Waals surface area contributed by atoms with Gasteiger partial charge in [-0.05, 0) is 67.6 Å². The Balaban J connectivity index is 0.000000159. The number of anilines is 2. The van der Waals surface area contributed by atoms with Gasteiger partial charge < -0.3 is 20.5 Å². The van der Waals surface area contributed by atoms with Crippen molar-refractivity contribution in [3.8, 4) is 0 Å². The van der Waals surface area contributed by atoms with Gasteiger partial charge in [-0.1, -0.05) is 60.7 Å². The van der Waals surface area contributed by atoms with Gasteiger partial charge in [-0.25, -0.2) is 9.97 Å². The zero-order valence-electron chi connectivity index (χ0n) is 39.9. The summed E-state index contributed by atoms with van der Waals surface area (Å²) in [5.74, 6) is -0.709. The summed E-state index contributed by atoms with van der Waals surface area (Å²) < 4.78 is 13.4. The lowest BCUT2D eigenvalue weighted by Gasteiger charge is -2.26. The van der Waals surface area contributed by atoms with Crippen LogP contribution in [0, 0.1) is 13.8 Å². The number of carbonyl (C=O) groups is 5. The molecular weight excluding hydrogens is 909 g/mol. The third kappa shape index (κ3) is 12.1. The van der Waals surface area contributed by atoms with Crippen molar-refractivity contribution in [2.45, 2.75) is 71.2 Å². The first-order chi connectivity index (χ1) is 34.4. The molecule has 4 saturated heterocycles. The minimum absolute atomic E-state index is 0.196. The number of aldehydes is 1. The predicted molar refractivity (Wildman–Crippen MR) is 267 cm³/mol. The molecule has 6 heterocycles. The molecule has 4 aliphatic rings. The van der Waals surface area contributed by atoms with Crippen molar-refractivity contribution in [1.82, 2.24) is 39.5 Å². The molecule has 19 heteroatoms. The summed E-state index contributed by atoms with van der Waals surface area (Å²) in [6.07, 6.45) is 1.83. The van der Waals surface area contributed by atoms with Gasteiger partial charge in [0, 0.05) is 75.6 Å². The van der Waals surface area contributed by atoms with Crippen LogP contribution in [0.3, 0.4) is 0 Å². The molecule has 10 rings (SSSR count). The Labute approximate surface area is 409 Å². The summed E-state index contributed by atoms with van der Waals surface area (Å²) in [6, 6.07) is 25.3. The van der Waals surface area contributed by atoms with Gasteiger partial charge in [0.2, 0.25) is 23.6 Å². The highest BCUT2D eigenvalue weighted by molar-refractivity contribution is 6.00. The van der Waals surface area contributed by atoms with E-state index in [-0.39, 0.29) is 48.6 Å². The highest BCUT2D eigenvalue weighted by Crippen LogP contribution is 2.25. The zero-order valence-corrected chi connectivity index (χ0v) is 39.9. The first kappa shape index (κ1) is 50.0. The van der Waals surface area contributed by atoms with E-state index in [2.05, 4.69) is 60.0 Å². The first-order valence-corrected chi connectivity index (χ1v) is 23.8. The molecule has 5 N–H and O–H groups in total. The van der Waals surface area contributed by atoms with E-state index >= 15 is 0 Å². The van der Waals surface area contributed by atoms with Crippen LogP contribution in [0.5, 0.6) is 0 Å². The molecule has 2 atom stereocenters. The van der Waals surface area contributed by atoms with Crippen molar-refractivity contribution >= 4 is 63.1 Å². The van der Waals surface area contributed by atoms with E-state index in [0.717, 1.165) is 83.1 Å². The number of imide groups is 2. The van der Waals surface area contributed by atoms with Crippen molar-refractivity contribution < 1.29 is 33.4 Å². The third-order valence-electron chi connectivity index (χ3n) is 12.9. The Morgan fingerprint density at radius 2 is 1.07 bits per heavy atom. The van der Waals surface area contributed by atoms with E-state index in [1.54, 1.807) is 38.1 Å². The average molecular weight is 967 g/mol. The number of hydrogen-bond acceptors (Lipinski definition) is 15. The van der Waals surface area contributed by atoms with Crippen LogP contribution in [0.1, 0.15) is 76.5 Å².